The monoisotopic (exact) mass is 210 g/mol. The first-order valence-corrected chi connectivity index (χ1v) is 7.67. The Morgan fingerprint density at radius 3 is 2.79 bits per heavy atom. The molecule has 0 nitrogen and oxygen atoms in total. The lowest BCUT2D eigenvalue weighted by Gasteiger charge is -2.39. The van der Waals surface area contributed by atoms with Gasteiger partial charge in [0.25, 0.3) is 0 Å². The van der Waals surface area contributed by atoms with Crippen LogP contribution in [0.3, 0.4) is 0 Å². The summed E-state index contributed by atoms with van der Waals surface area (Å²) in [5, 5.41) is 0.879. The minimum Gasteiger partial charge on any atom is -0.112 e. The fraction of sp³-hybridized carbons (Fsp3) is 1.00. The molecular formula is C13H23P. The van der Waals surface area contributed by atoms with Crippen molar-refractivity contribution in [3.63, 3.8) is 0 Å². The maximum Gasteiger partial charge on any atom is -0.00881 e. The quantitative estimate of drug-likeness (QED) is 0.526. The summed E-state index contributed by atoms with van der Waals surface area (Å²) in [6.07, 6.45) is 12.5. The van der Waals surface area contributed by atoms with Crippen LogP contribution >= 0.6 is 8.58 Å². The maximum atomic E-state index is 2.56. The van der Waals surface area contributed by atoms with E-state index in [9.17, 15) is 0 Å². The molecule has 1 heteroatoms. The zero-order valence-corrected chi connectivity index (χ0v) is 10.4. The van der Waals surface area contributed by atoms with Gasteiger partial charge in [0.15, 0.2) is 0 Å². The molecule has 3 aliphatic rings. The Bertz CT molecular complexity index is 225. The summed E-state index contributed by atoms with van der Waals surface area (Å²) in [5.74, 6) is 2.22. The van der Waals surface area contributed by atoms with E-state index in [4.69, 9.17) is 0 Å². The molecule has 1 saturated carbocycles. The Balaban J connectivity index is 1.84. The van der Waals surface area contributed by atoms with Crippen LogP contribution in [0.4, 0.5) is 0 Å². The van der Waals surface area contributed by atoms with Gasteiger partial charge in [-0.3, -0.25) is 0 Å². The summed E-state index contributed by atoms with van der Waals surface area (Å²) < 4.78 is 0. The predicted molar refractivity (Wildman–Crippen MR) is 64.4 cm³/mol. The molecule has 1 spiro atoms. The molecule has 2 aliphatic heterocycles. The van der Waals surface area contributed by atoms with Gasteiger partial charge in [-0.2, -0.15) is 0 Å². The molecule has 3 fully saturated rings. The lowest BCUT2D eigenvalue weighted by atomic mass is 9.68. The van der Waals surface area contributed by atoms with Gasteiger partial charge < -0.3 is 0 Å². The van der Waals surface area contributed by atoms with E-state index in [0.717, 1.165) is 22.7 Å². The van der Waals surface area contributed by atoms with Crippen LogP contribution in [-0.4, -0.2) is 10.8 Å². The van der Waals surface area contributed by atoms with Gasteiger partial charge in [0.05, 0.1) is 0 Å². The van der Waals surface area contributed by atoms with Gasteiger partial charge in [0, 0.05) is 0 Å². The Labute approximate surface area is 90.0 Å². The van der Waals surface area contributed by atoms with Crippen LogP contribution in [0.15, 0.2) is 0 Å². The lowest BCUT2D eigenvalue weighted by Crippen LogP contribution is -2.36. The highest BCUT2D eigenvalue weighted by atomic mass is 31.1. The van der Waals surface area contributed by atoms with E-state index in [1.165, 1.54) is 27.8 Å². The van der Waals surface area contributed by atoms with Crippen molar-refractivity contribution in [1.29, 1.82) is 0 Å². The molecule has 0 N–H and O–H groups in total. The Hall–Kier alpha value is 0.430. The van der Waals surface area contributed by atoms with Crippen LogP contribution in [-0.2, 0) is 0 Å². The van der Waals surface area contributed by atoms with E-state index in [-0.39, 0.29) is 0 Å². The average Bonchev–Trinajstić information content (AvgIpc) is 2.65. The van der Waals surface area contributed by atoms with Crippen molar-refractivity contribution in [1.82, 2.24) is 0 Å². The van der Waals surface area contributed by atoms with Gasteiger partial charge in [-0.15, -0.1) is 8.58 Å². The molecule has 5 atom stereocenters. The van der Waals surface area contributed by atoms with Crippen molar-refractivity contribution in [2.24, 2.45) is 11.8 Å². The molecule has 14 heavy (non-hydrogen) atoms. The van der Waals surface area contributed by atoms with E-state index in [1.54, 1.807) is 32.1 Å². The van der Waals surface area contributed by atoms with Crippen molar-refractivity contribution in [2.45, 2.75) is 69.1 Å². The number of fused-ring (bicyclic) bond motifs is 1. The minimum absolute atomic E-state index is 0.879. The van der Waals surface area contributed by atoms with Gasteiger partial charge in [-0.1, -0.05) is 32.6 Å². The van der Waals surface area contributed by atoms with Crippen molar-refractivity contribution in [3.8, 4) is 0 Å². The van der Waals surface area contributed by atoms with Crippen molar-refractivity contribution in [3.05, 3.63) is 0 Å². The van der Waals surface area contributed by atoms with Gasteiger partial charge in [0.2, 0.25) is 0 Å². The standard InChI is InChI=1S/C13H23P/c1-10-11-6-4-2-3-5-8-13(11)9-7-12(10)14-13/h10-12,14H,2-9H2,1H3. The molecular weight excluding hydrogens is 187 g/mol. The van der Waals surface area contributed by atoms with Crippen LogP contribution in [0.5, 0.6) is 0 Å². The summed E-state index contributed by atoms with van der Waals surface area (Å²) >= 11 is 0. The third-order valence-corrected chi connectivity index (χ3v) is 7.87. The van der Waals surface area contributed by atoms with Crippen LogP contribution in [0.1, 0.15) is 58.3 Å². The fourth-order valence-electron chi connectivity index (χ4n) is 4.48. The molecule has 0 aromatic rings. The van der Waals surface area contributed by atoms with E-state index in [0.29, 0.717) is 0 Å². The molecule has 0 aromatic heterocycles. The topological polar surface area (TPSA) is 0 Å². The van der Waals surface area contributed by atoms with E-state index in [1.807, 2.05) is 0 Å². The van der Waals surface area contributed by atoms with Crippen molar-refractivity contribution < 1.29 is 0 Å². The van der Waals surface area contributed by atoms with Crippen LogP contribution in [0, 0.1) is 11.8 Å². The maximum absolute atomic E-state index is 2.56. The first-order chi connectivity index (χ1) is 6.82. The molecule has 2 heterocycles. The third-order valence-electron chi connectivity index (χ3n) is 5.24. The summed E-state index contributed by atoms with van der Waals surface area (Å²) in [6.45, 7) is 2.56. The Kier molecular flexibility index (Phi) is 2.39. The molecule has 0 aromatic carbocycles. The second-order valence-corrected chi connectivity index (χ2v) is 7.89. The Morgan fingerprint density at radius 1 is 1.00 bits per heavy atom. The highest BCUT2D eigenvalue weighted by Gasteiger charge is 2.54. The largest absolute Gasteiger partial charge is 0.112 e. The first kappa shape index (κ1) is 9.64. The van der Waals surface area contributed by atoms with Crippen LogP contribution in [0.2, 0.25) is 0 Å². The lowest BCUT2D eigenvalue weighted by molar-refractivity contribution is 0.193. The Morgan fingerprint density at radius 2 is 1.86 bits per heavy atom. The van der Waals surface area contributed by atoms with Gasteiger partial charge in [-0.25, -0.2) is 0 Å². The summed E-state index contributed by atoms with van der Waals surface area (Å²) in [7, 11) is 1.35. The van der Waals surface area contributed by atoms with Crippen LogP contribution < -0.4 is 0 Å². The third kappa shape index (κ3) is 1.29. The SMILES string of the molecule is CC1C2CCC3(CCCCCCC13)P2. The molecule has 2 saturated heterocycles. The molecule has 5 unspecified atom stereocenters. The average molecular weight is 210 g/mol. The number of hydrogen-bond acceptors (Lipinski definition) is 0. The normalized spacial score (nSPS) is 54.2. The van der Waals surface area contributed by atoms with Crippen molar-refractivity contribution >= 4 is 8.58 Å². The zero-order valence-electron chi connectivity index (χ0n) is 9.39. The van der Waals surface area contributed by atoms with E-state index >= 15 is 0 Å². The first-order valence-electron chi connectivity index (χ1n) is 6.59. The summed E-state index contributed by atoms with van der Waals surface area (Å²) in [6, 6.07) is 0. The second-order valence-electron chi connectivity index (χ2n) is 5.86. The summed E-state index contributed by atoms with van der Waals surface area (Å²) in [5.41, 5.74) is 1.15. The number of hydrogen-bond donors (Lipinski definition) is 0. The molecule has 80 valence electrons. The smallest absolute Gasteiger partial charge is 0.00881 e. The molecule has 3 rings (SSSR count). The highest BCUT2D eigenvalue weighted by Crippen LogP contribution is 2.67. The molecule has 0 radical (unpaired) electrons. The predicted octanol–water partition coefficient (Wildman–Crippen LogP) is 4.19. The highest BCUT2D eigenvalue weighted by molar-refractivity contribution is 7.41. The molecule has 2 bridgehead atoms. The van der Waals surface area contributed by atoms with E-state index in [2.05, 4.69) is 6.92 Å². The van der Waals surface area contributed by atoms with Gasteiger partial charge >= 0.3 is 0 Å². The zero-order chi connectivity index (χ0) is 9.60. The molecule has 0 amide bonds. The van der Waals surface area contributed by atoms with Crippen molar-refractivity contribution in [2.75, 3.05) is 0 Å². The second kappa shape index (κ2) is 3.48. The fourth-order valence-corrected chi connectivity index (χ4v) is 7.23. The van der Waals surface area contributed by atoms with Gasteiger partial charge in [-0.05, 0) is 48.3 Å². The van der Waals surface area contributed by atoms with E-state index < -0.39 is 0 Å². The minimum atomic E-state index is 0.879. The summed E-state index contributed by atoms with van der Waals surface area (Å²) in [4.78, 5) is 0. The van der Waals surface area contributed by atoms with Crippen LogP contribution in [0.25, 0.3) is 0 Å². The molecule has 1 aliphatic carbocycles. The van der Waals surface area contributed by atoms with Gasteiger partial charge in [0.1, 0.15) is 0 Å². The number of rotatable bonds is 0.